The number of amides is 1. The molecule has 190 valence electrons. The van der Waals surface area contributed by atoms with E-state index in [1.807, 2.05) is 24.3 Å². The van der Waals surface area contributed by atoms with Crippen molar-refractivity contribution >= 4 is 40.6 Å². The van der Waals surface area contributed by atoms with E-state index < -0.39 is 11.6 Å². The van der Waals surface area contributed by atoms with Crippen molar-refractivity contribution in [2.75, 3.05) is 37.3 Å². The zero-order chi connectivity index (χ0) is 26.6. The van der Waals surface area contributed by atoms with Gasteiger partial charge in [-0.25, -0.2) is 0 Å². The Morgan fingerprint density at radius 1 is 1.05 bits per heavy atom. The van der Waals surface area contributed by atoms with Gasteiger partial charge in [-0.1, -0.05) is 29.8 Å². The summed E-state index contributed by atoms with van der Waals surface area (Å²) < 4.78 is 16.4. The van der Waals surface area contributed by atoms with Crippen molar-refractivity contribution in [2.24, 2.45) is 0 Å². The Kier molecular flexibility index (Phi) is 7.83. The summed E-state index contributed by atoms with van der Waals surface area (Å²) >= 11 is 7.14. The molecule has 10 heteroatoms. The van der Waals surface area contributed by atoms with Gasteiger partial charge >= 0.3 is 0 Å². The highest BCUT2D eigenvalue weighted by Crippen LogP contribution is 2.51. The van der Waals surface area contributed by atoms with Gasteiger partial charge in [0.25, 0.3) is 5.91 Å². The lowest BCUT2D eigenvalue weighted by atomic mass is 10.00. The van der Waals surface area contributed by atoms with Crippen molar-refractivity contribution in [3.63, 3.8) is 0 Å². The number of aliphatic hydroxyl groups is 1. The van der Waals surface area contributed by atoms with Gasteiger partial charge in [0.1, 0.15) is 16.7 Å². The van der Waals surface area contributed by atoms with E-state index in [0.29, 0.717) is 44.2 Å². The number of benzene rings is 3. The molecule has 1 heterocycles. The van der Waals surface area contributed by atoms with Gasteiger partial charge in [-0.15, -0.1) is 11.8 Å². The number of rotatable bonds is 7. The molecule has 1 fully saturated rings. The Balaban J connectivity index is 1.85. The van der Waals surface area contributed by atoms with E-state index in [1.54, 1.807) is 53.4 Å². The van der Waals surface area contributed by atoms with Crippen molar-refractivity contribution < 1.29 is 24.1 Å². The Morgan fingerprint density at radius 2 is 1.68 bits per heavy atom. The minimum Gasteiger partial charge on any atom is -0.493 e. The molecule has 1 atom stereocenters. The van der Waals surface area contributed by atoms with Crippen LogP contribution in [0.25, 0.3) is 0 Å². The number of nitrogens with one attached hydrogen (secondary N) is 1. The molecule has 0 radical (unpaired) electrons. The van der Waals surface area contributed by atoms with Crippen molar-refractivity contribution in [3.05, 3.63) is 87.9 Å². The van der Waals surface area contributed by atoms with Gasteiger partial charge in [0.15, 0.2) is 17.2 Å². The van der Waals surface area contributed by atoms with Crippen molar-refractivity contribution in [1.82, 2.24) is 0 Å². The van der Waals surface area contributed by atoms with Gasteiger partial charge in [0.2, 0.25) is 5.75 Å². The fourth-order valence-corrected chi connectivity index (χ4v) is 5.43. The van der Waals surface area contributed by atoms with Gasteiger partial charge in [0, 0.05) is 22.0 Å². The van der Waals surface area contributed by atoms with Gasteiger partial charge in [-0.3, -0.25) is 4.79 Å². The first kappa shape index (κ1) is 26.2. The minimum atomic E-state index is -1.66. The first-order valence-electron chi connectivity index (χ1n) is 11.1. The van der Waals surface area contributed by atoms with Crippen LogP contribution in [0, 0.1) is 11.3 Å². The van der Waals surface area contributed by atoms with Gasteiger partial charge in [-0.05, 0) is 48.5 Å². The van der Waals surface area contributed by atoms with Gasteiger partial charge in [0.05, 0.1) is 27.1 Å². The molecule has 37 heavy (non-hydrogen) atoms. The van der Waals surface area contributed by atoms with Crippen LogP contribution in [0.1, 0.15) is 5.56 Å². The van der Waals surface area contributed by atoms with E-state index in [2.05, 4.69) is 5.32 Å². The molecule has 1 aliphatic heterocycles. The van der Waals surface area contributed by atoms with Crippen LogP contribution in [-0.4, -0.2) is 38.1 Å². The molecule has 0 saturated carbocycles. The number of carbonyl (C=O) groups is 1. The monoisotopic (exact) mass is 537 g/mol. The summed E-state index contributed by atoms with van der Waals surface area (Å²) in [5.41, 5.74) is -0.296. The van der Waals surface area contributed by atoms with Crippen LogP contribution >= 0.6 is 23.4 Å². The van der Waals surface area contributed by atoms with Crippen LogP contribution in [-0.2, 0) is 10.5 Å². The van der Waals surface area contributed by atoms with Crippen LogP contribution < -0.4 is 24.4 Å². The highest BCUT2D eigenvalue weighted by Gasteiger charge is 2.47. The third kappa shape index (κ3) is 5.04. The maximum absolute atomic E-state index is 13.2. The van der Waals surface area contributed by atoms with Crippen molar-refractivity contribution in [2.45, 2.75) is 5.72 Å². The average Bonchev–Trinajstić information content (AvgIpc) is 3.27. The zero-order valence-electron chi connectivity index (χ0n) is 20.3. The maximum atomic E-state index is 13.2. The normalized spacial score (nSPS) is 18.1. The molecule has 4 rings (SSSR count). The number of methoxy groups -OCH3 is 3. The smallest absolute Gasteiger partial charge is 0.269 e. The second-order valence-corrected chi connectivity index (χ2v) is 9.34. The summed E-state index contributed by atoms with van der Waals surface area (Å²) in [6.45, 7) is 0. The fourth-order valence-electron chi connectivity index (χ4n) is 4.01. The number of thioether (sulfide) groups is 1. The number of hydrogen-bond donors (Lipinski definition) is 2. The lowest BCUT2D eigenvalue weighted by Crippen LogP contribution is -2.43. The van der Waals surface area contributed by atoms with Gasteiger partial charge < -0.3 is 29.5 Å². The van der Waals surface area contributed by atoms with Gasteiger partial charge in [-0.2, -0.15) is 5.26 Å². The molecule has 0 spiro atoms. The van der Waals surface area contributed by atoms with E-state index in [4.69, 9.17) is 25.8 Å². The molecule has 0 aromatic heterocycles. The topological polar surface area (TPSA) is 104 Å². The maximum Gasteiger partial charge on any atom is 0.269 e. The number of para-hydroxylation sites is 1. The number of nitriles is 1. The van der Waals surface area contributed by atoms with E-state index in [-0.39, 0.29) is 11.3 Å². The molecule has 3 aromatic rings. The second kappa shape index (κ2) is 11.0. The molecule has 2 N–H and O–H groups in total. The predicted octanol–water partition coefficient (Wildman–Crippen LogP) is 5.14. The number of anilines is 2. The highest BCUT2D eigenvalue weighted by atomic mass is 35.5. The molecule has 3 aromatic carbocycles. The number of nitrogens with zero attached hydrogens (tertiary/aromatic N) is 2. The summed E-state index contributed by atoms with van der Waals surface area (Å²) in [6.07, 6.45) is 0. The van der Waals surface area contributed by atoms with Crippen LogP contribution in [0.4, 0.5) is 11.4 Å². The van der Waals surface area contributed by atoms with Crippen LogP contribution in [0.15, 0.2) is 77.3 Å². The summed E-state index contributed by atoms with van der Waals surface area (Å²) in [6, 6.07) is 20.9. The molecule has 1 unspecified atom stereocenters. The lowest BCUT2D eigenvalue weighted by Gasteiger charge is -2.36. The number of halogens is 1. The minimum absolute atomic E-state index is 0.120. The molecule has 1 aliphatic rings. The molecule has 0 bridgehead atoms. The lowest BCUT2D eigenvalue weighted by molar-refractivity contribution is -0.112. The third-order valence-corrected chi connectivity index (χ3v) is 7.24. The Bertz CT molecular complexity index is 1350. The van der Waals surface area contributed by atoms with Crippen molar-refractivity contribution in [1.29, 1.82) is 5.26 Å². The standard InChI is InChI=1S/C27H24ClN3O5S/c1-34-22-13-17(14-23(35-2)24(22)36-3)27(33)16-37-26(31(27)20-7-5-4-6-8-20)21(15-29)25(32)30-19-11-9-18(28)10-12-19/h4-14,33H,16H2,1-3H3,(H,30,32)/b26-21-. The molecule has 1 saturated heterocycles. The zero-order valence-corrected chi connectivity index (χ0v) is 21.9. The Hall–Kier alpha value is -3.84. The molecule has 8 nitrogen and oxygen atoms in total. The average molecular weight is 538 g/mol. The molecule has 1 amide bonds. The van der Waals surface area contributed by atoms with E-state index in [9.17, 15) is 15.2 Å². The third-order valence-electron chi connectivity index (χ3n) is 5.78. The first-order valence-corrected chi connectivity index (χ1v) is 12.4. The quantitative estimate of drug-likeness (QED) is 0.315. The molecular formula is C27H24ClN3O5S. The summed E-state index contributed by atoms with van der Waals surface area (Å²) in [5.74, 6) is 0.616. The first-order chi connectivity index (χ1) is 17.9. The van der Waals surface area contributed by atoms with E-state index in [0.717, 1.165) is 0 Å². The number of hydrogen-bond acceptors (Lipinski definition) is 8. The Labute approximate surface area is 224 Å². The number of carbonyl (C=O) groups excluding carboxylic acids is 1. The van der Waals surface area contributed by atoms with Crippen molar-refractivity contribution in [3.8, 4) is 23.3 Å². The predicted molar refractivity (Wildman–Crippen MR) is 144 cm³/mol. The Morgan fingerprint density at radius 3 is 2.22 bits per heavy atom. The largest absolute Gasteiger partial charge is 0.493 e. The summed E-state index contributed by atoms with van der Waals surface area (Å²) in [7, 11) is 4.48. The number of ether oxygens (including phenoxy) is 3. The molecular weight excluding hydrogens is 514 g/mol. The van der Waals surface area contributed by atoms with Crippen LogP contribution in [0.5, 0.6) is 17.2 Å². The second-order valence-electron chi connectivity index (χ2n) is 7.94. The molecule has 0 aliphatic carbocycles. The summed E-state index contributed by atoms with van der Waals surface area (Å²) in [4.78, 5) is 14.8. The highest BCUT2D eigenvalue weighted by molar-refractivity contribution is 8.03. The van der Waals surface area contributed by atoms with E-state index >= 15 is 0 Å². The fraction of sp³-hybridized carbons (Fsp3) is 0.185. The SMILES string of the molecule is COc1cc(C2(O)CS/C(=C(/C#N)C(=O)Nc3ccc(Cl)cc3)N2c2ccccc2)cc(OC)c1OC. The van der Waals surface area contributed by atoms with E-state index in [1.165, 1.54) is 33.1 Å². The van der Waals surface area contributed by atoms with Crippen LogP contribution in [0.2, 0.25) is 5.02 Å². The van der Waals surface area contributed by atoms with Crippen LogP contribution in [0.3, 0.4) is 0 Å². The summed E-state index contributed by atoms with van der Waals surface area (Å²) in [5, 5.41) is 25.8.